The van der Waals surface area contributed by atoms with E-state index in [-0.39, 0.29) is 28.0 Å². The number of sulfone groups is 1. The van der Waals surface area contributed by atoms with E-state index in [4.69, 9.17) is 11.6 Å². The third kappa shape index (κ3) is 4.94. The van der Waals surface area contributed by atoms with Crippen LogP contribution in [0.5, 0.6) is 0 Å². The fraction of sp³-hybridized carbons (Fsp3) is 0.133. The molecule has 1 amide bonds. The summed E-state index contributed by atoms with van der Waals surface area (Å²) in [6, 6.07) is 9.61. The van der Waals surface area contributed by atoms with E-state index < -0.39 is 15.7 Å². The number of halogens is 2. The van der Waals surface area contributed by atoms with Crippen molar-refractivity contribution in [2.24, 2.45) is 0 Å². The summed E-state index contributed by atoms with van der Waals surface area (Å²) in [4.78, 5) is 12.0. The predicted octanol–water partition coefficient (Wildman–Crippen LogP) is 2.93. The minimum atomic E-state index is -3.40. The number of nitrogens with one attached hydrogen (secondary N) is 2. The normalized spacial score (nSPS) is 11.1. The minimum Gasteiger partial charge on any atom is -0.376 e. The number of carbonyl (C=O) groups is 1. The average Bonchev–Trinajstić information content (AvgIpc) is 2.48. The number of rotatable bonds is 5. The Morgan fingerprint density at radius 2 is 1.83 bits per heavy atom. The third-order valence-corrected chi connectivity index (χ3v) is 4.38. The molecule has 2 N–H and O–H groups in total. The van der Waals surface area contributed by atoms with E-state index in [1.165, 1.54) is 42.5 Å². The van der Waals surface area contributed by atoms with Crippen molar-refractivity contribution >= 4 is 38.7 Å². The zero-order valence-electron chi connectivity index (χ0n) is 12.1. The predicted molar refractivity (Wildman–Crippen MR) is 88.1 cm³/mol. The Hall–Kier alpha value is -2.12. The summed E-state index contributed by atoms with van der Waals surface area (Å²) in [6.07, 6.45) is 1.07. The quantitative estimate of drug-likeness (QED) is 0.863. The molecular weight excluding hydrogens is 343 g/mol. The van der Waals surface area contributed by atoms with Crippen molar-refractivity contribution in [3.63, 3.8) is 0 Å². The van der Waals surface area contributed by atoms with Gasteiger partial charge in [0.25, 0.3) is 0 Å². The average molecular weight is 357 g/mol. The van der Waals surface area contributed by atoms with Gasteiger partial charge in [-0.2, -0.15) is 0 Å². The Balaban J connectivity index is 2.04. The second-order valence-corrected chi connectivity index (χ2v) is 7.25. The van der Waals surface area contributed by atoms with Crippen molar-refractivity contribution in [2.75, 3.05) is 23.4 Å². The number of amides is 1. The van der Waals surface area contributed by atoms with Crippen LogP contribution in [0, 0.1) is 5.82 Å². The number of hydrogen-bond donors (Lipinski definition) is 2. The first-order chi connectivity index (χ1) is 10.8. The van der Waals surface area contributed by atoms with E-state index in [9.17, 15) is 17.6 Å². The Morgan fingerprint density at radius 1 is 1.17 bits per heavy atom. The van der Waals surface area contributed by atoms with Crippen LogP contribution in [0.15, 0.2) is 47.4 Å². The largest absolute Gasteiger partial charge is 0.376 e. The molecular formula is C15H14ClFN2O3S. The Labute approximate surface area is 138 Å². The first kappa shape index (κ1) is 17.2. The molecule has 0 aliphatic heterocycles. The Bertz CT molecular complexity index is 823. The van der Waals surface area contributed by atoms with E-state index in [0.717, 1.165) is 6.26 Å². The highest BCUT2D eigenvalue weighted by atomic mass is 35.5. The first-order valence-electron chi connectivity index (χ1n) is 6.54. The third-order valence-electron chi connectivity index (χ3n) is 2.94. The van der Waals surface area contributed by atoms with Gasteiger partial charge in [-0.15, -0.1) is 0 Å². The molecule has 0 saturated carbocycles. The molecule has 0 fully saturated rings. The molecule has 8 heteroatoms. The van der Waals surface area contributed by atoms with E-state index in [1.54, 1.807) is 0 Å². The van der Waals surface area contributed by atoms with Gasteiger partial charge < -0.3 is 10.6 Å². The lowest BCUT2D eigenvalue weighted by Gasteiger charge is -2.10. The molecule has 2 aromatic carbocycles. The second-order valence-electron chi connectivity index (χ2n) is 4.82. The summed E-state index contributed by atoms with van der Waals surface area (Å²) >= 11 is 5.95. The molecule has 0 saturated heterocycles. The lowest BCUT2D eigenvalue weighted by molar-refractivity contribution is -0.114. The molecule has 0 bridgehead atoms. The van der Waals surface area contributed by atoms with Crippen molar-refractivity contribution in [2.45, 2.75) is 4.90 Å². The number of anilines is 2. The van der Waals surface area contributed by atoms with Crippen LogP contribution in [0.25, 0.3) is 0 Å². The molecule has 5 nitrogen and oxygen atoms in total. The van der Waals surface area contributed by atoms with Gasteiger partial charge in [0.05, 0.1) is 22.2 Å². The van der Waals surface area contributed by atoms with Crippen LogP contribution in [0.1, 0.15) is 0 Å². The van der Waals surface area contributed by atoms with Crippen LogP contribution in [-0.2, 0) is 14.6 Å². The lowest BCUT2D eigenvalue weighted by Crippen LogP contribution is -2.22. The zero-order valence-corrected chi connectivity index (χ0v) is 13.7. The molecule has 23 heavy (non-hydrogen) atoms. The Kier molecular flexibility index (Phi) is 5.23. The van der Waals surface area contributed by atoms with E-state index >= 15 is 0 Å². The smallest absolute Gasteiger partial charge is 0.243 e. The molecule has 0 aliphatic rings. The van der Waals surface area contributed by atoms with Gasteiger partial charge in [0, 0.05) is 11.9 Å². The number of carbonyl (C=O) groups excluding carboxylic acids is 1. The molecule has 0 atom stereocenters. The van der Waals surface area contributed by atoms with E-state index in [2.05, 4.69) is 10.6 Å². The Morgan fingerprint density at radius 3 is 2.43 bits per heavy atom. The maximum Gasteiger partial charge on any atom is 0.243 e. The monoisotopic (exact) mass is 356 g/mol. The van der Waals surface area contributed by atoms with Gasteiger partial charge in [-0.1, -0.05) is 11.6 Å². The maximum absolute atomic E-state index is 12.8. The SMILES string of the molecule is CS(=O)(=O)c1ccc(Cl)c(NC(=O)CNc2ccc(F)cc2)c1. The zero-order chi connectivity index (χ0) is 17.0. The van der Waals surface area contributed by atoms with Gasteiger partial charge >= 0.3 is 0 Å². The second kappa shape index (κ2) is 6.97. The van der Waals surface area contributed by atoms with Crippen molar-refractivity contribution in [1.29, 1.82) is 0 Å². The fourth-order valence-electron chi connectivity index (χ4n) is 1.78. The van der Waals surface area contributed by atoms with Crippen molar-refractivity contribution in [1.82, 2.24) is 0 Å². The van der Waals surface area contributed by atoms with E-state index in [0.29, 0.717) is 5.69 Å². The van der Waals surface area contributed by atoms with Crippen molar-refractivity contribution < 1.29 is 17.6 Å². The van der Waals surface area contributed by atoms with Crippen LogP contribution in [-0.4, -0.2) is 27.1 Å². The van der Waals surface area contributed by atoms with Crippen LogP contribution in [0.3, 0.4) is 0 Å². The molecule has 0 heterocycles. The molecule has 0 radical (unpaired) electrons. The van der Waals surface area contributed by atoms with Crippen LogP contribution in [0.2, 0.25) is 5.02 Å². The van der Waals surface area contributed by atoms with Gasteiger partial charge in [0.2, 0.25) is 5.91 Å². The highest BCUT2D eigenvalue weighted by molar-refractivity contribution is 7.90. The van der Waals surface area contributed by atoms with Gasteiger partial charge in [0.1, 0.15) is 5.82 Å². The van der Waals surface area contributed by atoms with Gasteiger partial charge in [-0.25, -0.2) is 12.8 Å². The van der Waals surface area contributed by atoms with Crippen molar-refractivity contribution in [3.8, 4) is 0 Å². The first-order valence-corrected chi connectivity index (χ1v) is 8.81. The molecule has 122 valence electrons. The standard InChI is InChI=1S/C15H14ClFN2O3S/c1-23(21,22)12-6-7-13(16)14(8-12)19-15(20)9-18-11-4-2-10(17)3-5-11/h2-8,18H,9H2,1H3,(H,19,20). The summed E-state index contributed by atoms with van der Waals surface area (Å²) in [5.74, 6) is -0.786. The molecule has 2 rings (SSSR count). The maximum atomic E-state index is 12.8. The molecule has 0 aromatic heterocycles. The van der Waals surface area contributed by atoms with E-state index in [1.807, 2.05) is 0 Å². The summed E-state index contributed by atoms with van der Waals surface area (Å²) in [6.45, 7) is -0.0783. The summed E-state index contributed by atoms with van der Waals surface area (Å²) in [5.41, 5.74) is 0.790. The molecule has 0 spiro atoms. The lowest BCUT2D eigenvalue weighted by atomic mass is 10.3. The summed E-state index contributed by atoms with van der Waals surface area (Å²) < 4.78 is 35.8. The highest BCUT2D eigenvalue weighted by Gasteiger charge is 2.12. The topological polar surface area (TPSA) is 75.3 Å². The fourth-order valence-corrected chi connectivity index (χ4v) is 2.59. The van der Waals surface area contributed by atoms with Crippen LogP contribution < -0.4 is 10.6 Å². The molecule has 0 unspecified atom stereocenters. The van der Waals surface area contributed by atoms with Crippen LogP contribution in [0.4, 0.5) is 15.8 Å². The van der Waals surface area contributed by atoms with Gasteiger partial charge in [-0.3, -0.25) is 4.79 Å². The van der Waals surface area contributed by atoms with Gasteiger partial charge in [0.15, 0.2) is 9.84 Å². The van der Waals surface area contributed by atoms with Crippen molar-refractivity contribution in [3.05, 3.63) is 53.3 Å². The van der Waals surface area contributed by atoms with Crippen LogP contribution >= 0.6 is 11.6 Å². The molecule has 2 aromatic rings. The highest BCUT2D eigenvalue weighted by Crippen LogP contribution is 2.25. The minimum absolute atomic E-state index is 0.0590. The molecule has 0 aliphatic carbocycles. The van der Waals surface area contributed by atoms with Gasteiger partial charge in [-0.05, 0) is 42.5 Å². The number of hydrogen-bond acceptors (Lipinski definition) is 4. The number of benzene rings is 2. The summed E-state index contributed by atoms with van der Waals surface area (Å²) in [5, 5.41) is 5.58. The summed E-state index contributed by atoms with van der Waals surface area (Å²) in [7, 11) is -3.40.